The number of benzene rings is 1. The molecule has 122 valence electrons. The van der Waals surface area contributed by atoms with Crippen LogP contribution in [-0.4, -0.2) is 35.4 Å². The first kappa shape index (κ1) is 19.8. The van der Waals surface area contributed by atoms with Gasteiger partial charge in [0.25, 0.3) is 11.6 Å². The van der Waals surface area contributed by atoms with Gasteiger partial charge in [0.2, 0.25) is 5.91 Å². The number of carbonyl (C=O) groups is 2. The molecule has 1 aromatic carbocycles. The Bertz CT molecular complexity index is 553. The molecule has 0 saturated heterocycles. The van der Waals surface area contributed by atoms with Gasteiger partial charge in [-0.15, -0.1) is 12.4 Å². The molecule has 0 heterocycles. The molecule has 22 heavy (non-hydrogen) atoms. The van der Waals surface area contributed by atoms with E-state index in [2.05, 4.69) is 10.6 Å². The predicted molar refractivity (Wildman–Crippen MR) is 83.9 cm³/mol. The van der Waals surface area contributed by atoms with Crippen LogP contribution in [0.2, 0.25) is 0 Å². The molecule has 4 N–H and O–H groups in total. The van der Waals surface area contributed by atoms with E-state index in [9.17, 15) is 19.7 Å². The summed E-state index contributed by atoms with van der Waals surface area (Å²) in [5.41, 5.74) is 5.33. The summed E-state index contributed by atoms with van der Waals surface area (Å²) in [6.45, 7) is 3.55. The summed E-state index contributed by atoms with van der Waals surface area (Å²) >= 11 is 0. The predicted octanol–water partition coefficient (Wildman–Crippen LogP) is 0.598. The highest BCUT2D eigenvalue weighted by Crippen LogP contribution is 2.13. The number of carbonyl (C=O) groups excluding carboxylic acids is 2. The second-order valence-corrected chi connectivity index (χ2v) is 4.65. The molecule has 0 aromatic heterocycles. The van der Waals surface area contributed by atoms with Crippen LogP contribution in [0.25, 0.3) is 0 Å². The normalized spacial score (nSPS) is 12.5. The van der Waals surface area contributed by atoms with Crippen molar-refractivity contribution in [3.05, 3.63) is 39.9 Å². The van der Waals surface area contributed by atoms with Crippen LogP contribution >= 0.6 is 12.4 Å². The molecule has 0 bridgehead atoms. The lowest BCUT2D eigenvalue weighted by Crippen LogP contribution is -2.49. The lowest BCUT2D eigenvalue weighted by atomic mass is 10.1. The van der Waals surface area contributed by atoms with Gasteiger partial charge in [-0.05, 0) is 19.9 Å². The van der Waals surface area contributed by atoms with Crippen molar-refractivity contribution in [2.45, 2.75) is 25.9 Å². The average molecular weight is 331 g/mol. The van der Waals surface area contributed by atoms with Gasteiger partial charge >= 0.3 is 0 Å². The Labute approximate surface area is 134 Å². The van der Waals surface area contributed by atoms with E-state index >= 15 is 0 Å². The Hall–Kier alpha value is -2.19. The first-order valence-corrected chi connectivity index (χ1v) is 6.41. The fourth-order valence-corrected chi connectivity index (χ4v) is 1.53. The molecule has 0 aliphatic carbocycles. The maximum atomic E-state index is 12.0. The van der Waals surface area contributed by atoms with Crippen molar-refractivity contribution in [2.75, 3.05) is 6.54 Å². The molecule has 0 saturated carbocycles. The number of nitro benzene ring substituents is 1. The SMILES string of the molecule is CC(NC(=O)c1cccc([N+](=O)[O-])c1)C(=O)N[C@@H](C)CN.Cl. The first-order chi connectivity index (χ1) is 9.85. The molecule has 9 heteroatoms. The minimum Gasteiger partial charge on any atom is -0.351 e. The monoisotopic (exact) mass is 330 g/mol. The number of nitrogens with two attached hydrogens (primary N) is 1. The summed E-state index contributed by atoms with van der Waals surface area (Å²) in [7, 11) is 0. The molecule has 8 nitrogen and oxygen atoms in total. The number of nitrogens with one attached hydrogen (secondary N) is 2. The second-order valence-electron chi connectivity index (χ2n) is 4.65. The molecule has 0 fully saturated rings. The number of non-ortho nitro benzene ring substituents is 1. The van der Waals surface area contributed by atoms with E-state index in [1.54, 1.807) is 6.92 Å². The van der Waals surface area contributed by atoms with Crippen molar-refractivity contribution in [3.8, 4) is 0 Å². The standard InChI is InChI=1S/C13H18N4O4.ClH/c1-8(7-14)15-12(18)9(2)16-13(19)10-4-3-5-11(6-10)17(20)21;/h3-6,8-9H,7,14H2,1-2H3,(H,15,18)(H,16,19);1H/t8-,9?;/m0./s1. The maximum Gasteiger partial charge on any atom is 0.270 e. The molecular weight excluding hydrogens is 312 g/mol. The van der Waals surface area contributed by atoms with E-state index in [-0.39, 0.29) is 42.2 Å². The molecule has 2 atom stereocenters. The van der Waals surface area contributed by atoms with E-state index in [0.29, 0.717) is 0 Å². The summed E-state index contributed by atoms with van der Waals surface area (Å²) in [5.74, 6) is -0.923. The molecular formula is C13H19ClN4O4. The van der Waals surface area contributed by atoms with Crippen molar-refractivity contribution in [1.82, 2.24) is 10.6 Å². The van der Waals surface area contributed by atoms with Gasteiger partial charge in [-0.25, -0.2) is 0 Å². The van der Waals surface area contributed by atoms with Crippen LogP contribution in [0, 0.1) is 10.1 Å². The van der Waals surface area contributed by atoms with Crippen molar-refractivity contribution >= 4 is 29.9 Å². The van der Waals surface area contributed by atoms with Crippen LogP contribution in [0.1, 0.15) is 24.2 Å². The summed E-state index contributed by atoms with van der Waals surface area (Å²) in [6.07, 6.45) is 0. The van der Waals surface area contributed by atoms with Crippen LogP contribution < -0.4 is 16.4 Å². The summed E-state index contributed by atoms with van der Waals surface area (Å²) in [5, 5.41) is 15.8. The quantitative estimate of drug-likeness (QED) is 0.520. The topological polar surface area (TPSA) is 127 Å². The second kappa shape index (κ2) is 8.96. The lowest BCUT2D eigenvalue weighted by Gasteiger charge is -2.17. The van der Waals surface area contributed by atoms with Crippen molar-refractivity contribution in [2.24, 2.45) is 5.73 Å². The van der Waals surface area contributed by atoms with Gasteiger partial charge in [0.1, 0.15) is 6.04 Å². The molecule has 1 rings (SSSR count). The molecule has 0 spiro atoms. The van der Waals surface area contributed by atoms with Crippen LogP contribution in [0.15, 0.2) is 24.3 Å². The molecule has 2 amide bonds. The Kier molecular flexibility index (Phi) is 8.06. The van der Waals surface area contributed by atoms with Gasteiger partial charge in [-0.2, -0.15) is 0 Å². The molecule has 0 aliphatic rings. The van der Waals surface area contributed by atoms with E-state index in [4.69, 9.17) is 5.73 Å². The van der Waals surface area contributed by atoms with E-state index in [1.165, 1.54) is 25.1 Å². The van der Waals surface area contributed by atoms with Gasteiger partial charge in [0, 0.05) is 30.3 Å². The molecule has 1 aromatic rings. The Morgan fingerprint density at radius 1 is 1.32 bits per heavy atom. The smallest absolute Gasteiger partial charge is 0.270 e. The van der Waals surface area contributed by atoms with E-state index < -0.39 is 16.9 Å². The van der Waals surface area contributed by atoms with Gasteiger partial charge < -0.3 is 16.4 Å². The van der Waals surface area contributed by atoms with Gasteiger partial charge in [-0.1, -0.05) is 6.07 Å². The Morgan fingerprint density at radius 2 is 1.95 bits per heavy atom. The maximum absolute atomic E-state index is 12.0. The Morgan fingerprint density at radius 3 is 2.50 bits per heavy atom. The highest BCUT2D eigenvalue weighted by Gasteiger charge is 2.19. The fourth-order valence-electron chi connectivity index (χ4n) is 1.53. The number of nitro groups is 1. The van der Waals surface area contributed by atoms with Crippen molar-refractivity contribution in [3.63, 3.8) is 0 Å². The van der Waals surface area contributed by atoms with E-state index in [1.807, 2.05) is 0 Å². The number of hydrogen-bond acceptors (Lipinski definition) is 5. The highest BCUT2D eigenvalue weighted by molar-refractivity contribution is 5.97. The Balaban J connectivity index is 0.00000441. The fraction of sp³-hybridized carbons (Fsp3) is 0.385. The third kappa shape index (κ3) is 5.66. The van der Waals surface area contributed by atoms with Crippen LogP contribution in [-0.2, 0) is 4.79 Å². The van der Waals surface area contributed by atoms with Gasteiger partial charge in [0.15, 0.2) is 0 Å². The summed E-state index contributed by atoms with van der Waals surface area (Å²) < 4.78 is 0. The third-order valence-electron chi connectivity index (χ3n) is 2.80. The van der Waals surface area contributed by atoms with Crippen molar-refractivity contribution < 1.29 is 14.5 Å². The van der Waals surface area contributed by atoms with Crippen LogP contribution in [0.4, 0.5) is 5.69 Å². The van der Waals surface area contributed by atoms with Gasteiger partial charge in [-0.3, -0.25) is 19.7 Å². The number of halogens is 1. The number of nitrogens with zero attached hydrogens (tertiary/aromatic N) is 1. The molecule has 0 aliphatic heterocycles. The minimum atomic E-state index is -0.772. The van der Waals surface area contributed by atoms with E-state index in [0.717, 1.165) is 6.07 Å². The molecule has 1 unspecified atom stereocenters. The first-order valence-electron chi connectivity index (χ1n) is 6.41. The summed E-state index contributed by atoms with van der Waals surface area (Å²) in [4.78, 5) is 33.8. The minimum absolute atomic E-state index is 0. The third-order valence-corrected chi connectivity index (χ3v) is 2.80. The van der Waals surface area contributed by atoms with Gasteiger partial charge in [0.05, 0.1) is 4.92 Å². The van der Waals surface area contributed by atoms with Crippen LogP contribution in [0.3, 0.4) is 0 Å². The van der Waals surface area contributed by atoms with Crippen LogP contribution in [0.5, 0.6) is 0 Å². The zero-order valence-electron chi connectivity index (χ0n) is 12.2. The summed E-state index contributed by atoms with van der Waals surface area (Å²) in [6, 6.07) is 4.32. The average Bonchev–Trinajstić information content (AvgIpc) is 2.46. The zero-order valence-corrected chi connectivity index (χ0v) is 13.1. The number of rotatable bonds is 6. The molecule has 0 radical (unpaired) electrons. The largest absolute Gasteiger partial charge is 0.351 e. The number of amides is 2. The zero-order chi connectivity index (χ0) is 16.0. The lowest BCUT2D eigenvalue weighted by molar-refractivity contribution is -0.384. The highest BCUT2D eigenvalue weighted by atomic mass is 35.5. The van der Waals surface area contributed by atoms with Crippen molar-refractivity contribution in [1.29, 1.82) is 0 Å². The number of hydrogen-bond donors (Lipinski definition) is 3.